The van der Waals surface area contributed by atoms with E-state index < -0.39 is 0 Å². The second-order valence-corrected chi connectivity index (χ2v) is 3.91. The van der Waals surface area contributed by atoms with Crippen molar-refractivity contribution in [3.05, 3.63) is 29.3 Å². The minimum Gasteiger partial charge on any atom is -0.496 e. The molecule has 0 unspecified atom stereocenters. The summed E-state index contributed by atoms with van der Waals surface area (Å²) in [6.45, 7) is 0. The van der Waals surface area contributed by atoms with Gasteiger partial charge in [-0.1, -0.05) is 12.1 Å². The second-order valence-electron chi connectivity index (χ2n) is 3.91. The maximum atomic E-state index is 5.35. The number of nitrogens with zero attached hydrogens (tertiary/aromatic N) is 2. The predicted octanol–water partition coefficient (Wildman–Crippen LogP) is 1.01. The average Bonchev–Trinajstić information content (AvgIpc) is 2.35. The molecule has 17 heavy (non-hydrogen) atoms. The third-order valence-corrected chi connectivity index (χ3v) is 2.79. The smallest absolute Gasteiger partial charge is 0.211 e. The predicted molar refractivity (Wildman–Crippen MR) is 68.3 cm³/mol. The largest absolute Gasteiger partial charge is 0.496 e. The van der Waals surface area contributed by atoms with Gasteiger partial charge in [0.2, 0.25) is 5.96 Å². The Morgan fingerprint density at radius 3 is 2.82 bits per heavy atom. The molecule has 0 amide bonds. The Hall–Kier alpha value is -2.04. The molecule has 1 aliphatic rings. The van der Waals surface area contributed by atoms with Gasteiger partial charge in [0.05, 0.1) is 12.8 Å². The van der Waals surface area contributed by atoms with Gasteiger partial charge in [-0.15, -0.1) is 5.10 Å². The van der Waals surface area contributed by atoms with Gasteiger partial charge in [-0.3, -0.25) is 0 Å². The van der Waals surface area contributed by atoms with Crippen LogP contribution in [0.5, 0.6) is 5.75 Å². The fourth-order valence-corrected chi connectivity index (χ4v) is 2.07. The number of rotatable bonds is 2. The van der Waals surface area contributed by atoms with Crippen LogP contribution < -0.4 is 16.2 Å². The summed E-state index contributed by atoms with van der Waals surface area (Å²) in [6.07, 6.45) is 2.92. The SMILES string of the molecule is COc1cccc2c1CCC/C2=N\N=C(N)N. The summed E-state index contributed by atoms with van der Waals surface area (Å²) in [5.74, 6) is 0.882. The molecule has 2 rings (SSSR count). The zero-order chi connectivity index (χ0) is 12.3. The standard InChI is InChI=1S/C12H16N4O/c1-17-11-7-3-4-8-9(11)5-2-6-10(8)15-16-12(13)14/h3-4,7H,2,5-6H2,1H3,(H4,13,14,16)/b15-10+. The van der Waals surface area contributed by atoms with Crippen molar-refractivity contribution in [2.75, 3.05) is 7.11 Å². The molecular formula is C12H16N4O. The molecule has 1 aromatic carbocycles. The van der Waals surface area contributed by atoms with Crippen LogP contribution in [0.4, 0.5) is 0 Å². The lowest BCUT2D eigenvalue weighted by molar-refractivity contribution is 0.408. The molecule has 0 heterocycles. The van der Waals surface area contributed by atoms with Gasteiger partial charge in [-0.05, 0) is 25.3 Å². The van der Waals surface area contributed by atoms with Gasteiger partial charge >= 0.3 is 0 Å². The van der Waals surface area contributed by atoms with Crippen molar-refractivity contribution in [3.63, 3.8) is 0 Å². The normalized spacial score (nSPS) is 16.4. The first kappa shape index (κ1) is 11.4. The van der Waals surface area contributed by atoms with Crippen molar-refractivity contribution in [1.29, 1.82) is 0 Å². The molecule has 0 radical (unpaired) electrons. The third-order valence-electron chi connectivity index (χ3n) is 2.79. The van der Waals surface area contributed by atoms with Crippen molar-refractivity contribution >= 4 is 11.7 Å². The zero-order valence-electron chi connectivity index (χ0n) is 9.81. The minimum absolute atomic E-state index is 0.0208. The van der Waals surface area contributed by atoms with Crippen molar-refractivity contribution in [2.24, 2.45) is 21.7 Å². The number of hydrogen-bond donors (Lipinski definition) is 2. The molecule has 0 aliphatic heterocycles. The molecule has 0 bridgehead atoms. The Morgan fingerprint density at radius 1 is 1.29 bits per heavy atom. The van der Waals surface area contributed by atoms with Crippen LogP contribution in [0.1, 0.15) is 24.0 Å². The van der Waals surface area contributed by atoms with E-state index in [2.05, 4.69) is 10.2 Å². The van der Waals surface area contributed by atoms with E-state index in [-0.39, 0.29) is 5.96 Å². The molecule has 0 aromatic heterocycles. The fraction of sp³-hybridized carbons (Fsp3) is 0.333. The summed E-state index contributed by atoms with van der Waals surface area (Å²) in [4.78, 5) is 0. The van der Waals surface area contributed by atoms with E-state index in [9.17, 15) is 0 Å². The van der Waals surface area contributed by atoms with Gasteiger partial charge in [-0.25, -0.2) is 0 Å². The van der Waals surface area contributed by atoms with Crippen molar-refractivity contribution < 1.29 is 4.74 Å². The summed E-state index contributed by atoms with van der Waals surface area (Å²) in [7, 11) is 1.68. The van der Waals surface area contributed by atoms with E-state index in [0.717, 1.165) is 36.3 Å². The zero-order valence-corrected chi connectivity index (χ0v) is 9.81. The summed E-state index contributed by atoms with van der Waals surface area (Å²) in [5.41, 5.74) is 13.7. The monoisotopic (exact) mass is 232 g/mol. The van der Waals surface area contributed by atoms with Gasteiger partial charge in [0.25, 0.3) is 0 Å². The highest BCUT2D eigenvalue weighted by atomic mass is 16.5. The number of benzene rings is 1. The van der Waals surface area contributed by atoms with Crippen LogP contribution in [0.25, 0.3) is 0 Å². The summed E-state index contributed by atoms with van der Waals surface area (Å²) >= 11 is 0. The molecule has 5 nitrogen and oxygen atoms in total. The first-order valence-electron chi connectivity index (χ1n) is 5.54. The number of fused-ring (bicyclic) bond motifs is 1. The molecule has 5 heteroatoms. The Morgan fingerprint density at radius 2 is 2.12 bits per heavy atom. The summed E-state index contributed by atoms with van der Waals surface area (Å²) in [6, 6.07) is 5.94. The van der Waals surface area contributed by atoms with Crippen molar-refractivity contribution in [1.82, 2.24) is 0 Å². The Labute approximate surface area is 100 Å². The molecule has 90 valence electrons. The number of methoxy groups -OCH3 is 1. The topological polar surface area (TPSA) is 86.0 Å². The van der Waals surface area contributed by atoms with E-state index in [1.165, 1.54) is 5.56 Å². The van der Waals surface area contributed by atoms with Gasteiger partial charge in [0.1, 0.15) is 5.75 Å². The van der Waals surface area contributed by atoms with E-state index in [4.69, 9.17) is 16.2 Å². The molecule has 4 N–H and O–H groups in total. The molecule has 0 saturated carbocycles. The van der Waals surface area contributed by atoms with Gasteiger partial charge in [0.15, 0.2) is 0 Å². The Balaban J connectivity index is 2.45. The van der Waals surface area contributed by atoms with Crippen LogP contribution in [0.2, 0.25) is 0 Å². The van der Waals surface area contributed by atoms with Crippen LogP contribution in [-0.4, -0.2) is 18.8 Å². The highest BCUT2D eigenvalue weighted by Crippen LogP contribution is 2.29. The van der Waals surface area contributed by atoms with E-state index in [1.807, 2.05) is 18.2 Å². The number of guanidine groups is 1. The number of hydrogen-bond acceptors (Lipinski definition) is 3. The lowest BCUT2D eigenvalue weighted by Gasteiger charge is -2.19. The van der Waals surface area contributed by atoms with E-state index in [0.29, 0.717) is 0 Å². The van der Waals surface area contributed by atoms with Gasteiger partial charge in [-0.2, -0.15) is 5.10 Å². The van der Waals surface area contributed by atoms with Crippen LogP contribution in [0.3, 0.4) is 0 Å². The second kappa shape index (κ2) is 4.86. The molecule has 1 aliphatic carbocycles. The number of nitrogens with two attached hydrogens (primary N) is 2. The maximum Gasteiger partial charge on any atom is 0.211 e. The van der Waals surface area contributed by atoms with Crippen LogP contribution in [-0.2, 0) is 6.42 Å². The molecule has 0 saturated heterocycles. The highest BCUT2D eigenvalue weighted by Gasteiger charge is 2.18. The van der Waals surface area contributed by atoms with Crippen molar-refractivity contribution in [2.45, 2.75) is 19.3 Å². The molecule has 0 fully saturated rings. The molecular weight excluding hydrogens is 216 g/mol. The maximum absolute atomic E-state index is 5.35. The summed E-state index contributed by atoms with van der Waals surface area (Å²) in [5, 5.41) is 7.82. The van der Waals surface area contributed by atoms with E-state index in [1.54, 1.807) is 7.11 Å². The quantitative estimate of drug-likeness (QED) is 0.453. The number of ether oxygens (including phenoxy) is 1. The van der Waals surface area contributed by atoms with E-state index >= 15 is 0 Å². The van der Waals surface area contributed by atoms with Gasteiger partial charge < -0.3 is 16.2 Å². The third kappa shape index (κ3) is 2.38. The fourth-order valence-electron chi connectivity index (χ4n) is 2.07. The summed E-state index contributed by atoms with van der Waals surface area (Å²) < 4.78 is 5.35. The Kier molecular flexibility index (Phi) is 3.27. The van der Waals surface area contributed by atoms with Crippen LogP contribution in [0.15, 0.2) is 28.4 Å². The van der Waals surface area contributed by atoms with Crippen molar-refractivity contribution in [3.8, 4) is 5.75 Å². The minimum atomic E-state index is -0.0208. The average molecular weight is 232 g/mol. The Bertz CT molecular complexity index is 475. The molecule has 0 spiro atoms. The molecule has 0 atom stereocenters. The lowest BCUT2D eigenvalue weighted by atomic mass is 9.89. The van der Waals surface area contributed by atoms with Gasteiger partial charge in [0, 0.05) is 11.1 Å². The first-order valence-corrected chi connectivity index (χ1v) is 5.54. The lowest BCUT2D eigenvalue weighted by Crippen LogP contribution is -2.22. The molecule has 1 aromatic rings. The first-order chi connectivity index (χ1) is 8.22. The highest BCUT2D eigenvalue weighted by molar-refractivity contribution is 6.03. The van der Waals surface area contributed by atoms with Crippen LogP contribution >= 0.6 is 0 Å². The van der Waals surface area contributed by atoms with Crippen LogP contribution in [0, 0.1) is 0 Å².